The van der Waals surface area contributed by atoms with E-state index in [0.29, 0.717) is 0 Å². The topological polar surface area (TPSA) is 49.7 Å². The fraction of sp³-hybridized carbons (Fsp3) is 0. The second-order valence-corrected chi connectivity index (χ2v) is 2.34. The van der Waals surface area contributed by atoms with Crippen molar-refractivity contribution in [2.45, 2.75) is 0 Å². The molecule has 0 heterocycles. The van der Waals surface area contributed by atoms with E-state index in [4.69, 9.17) is 10.0 Å². The van der Waals surface area contributed by atoms with Gasteiger partial charge in [0.1, 0.15) is 0 Å². The maximum Gasteiger partial charge on any atom is 0.707 e. The largest absolute Gasteiger partial charge is 0.707 e. The van der Waals surface area contributed by atoms with Gasteiger partial charge in [-0.1, -0.05) is 0 Å². The summed E-state index contributed by atoms with van der Waals surface area (Å²) in [6, 6.07) is 0. The molecule has 1 aromatic rings. The maximum atomic E-state index is 12.7. The van der Waals surface area contributed by atoms with E-state index in [1.165, 1.54) is 0 Å². The highest BCUT2D eigenvalue weighted by atomic mass is 127. The molecular weight excluding hydrogens is 480 g/mol. The van der Waals surface area contributed by atoms with Crippen molar-refractivity contribution >= 4 is 55.3 Å². The van der Waals surface area contributed by atoms with Crippen molar-refractivity contribution in [3.05, 3.63) is 29.1 Å². The highest BCUT2D eigenvalue weighted by Crippen LogP contribution is 2.28. The van der Waals surface area contributed by atoms with E-state index in [-0.39, 0.29) is 48.0 Å². The van der Waals surface area contributed by atoms with Gasteiger partial charge in [0.2, 0.25) is 29.1 Å². The standard InChI is InChI=1S/C6H2BF5O3.2HI/c8-1-2(9)4(11)6(15-7(13)14)5(12)3(1)10;;/h13-14H;2*1H. The maximum absolute atomic E-state index is 12.7. The van der Waals surface area contributed by atoms with E-state index in [2.05, 4.69) is 4.65 Å². The zero-order chi connectivity index (χ0) is 11.7. The van der Waals surface area contributed by atoms with Gasteiger partial charge in [-0.25, -0.2) is 13.2 Å². The Kier molecular flexibility index (Phi) is 8.61. The molecule has 0 atom stereocenters. The molecule has 98 valence electrons. The highest BCUT2D eigenvalue weighted by molar-refractivity contribution is 14.0. The van der Waals surface area contributed by atoms with Crippen LogP contribution in [0.15, 0.2) is 0 Å². The molecule has 1 rings (SSSR count). The van der Waals surface area contributed by atoms with Gasteiger partial charge in [0.15, 0.2) is 5.75 Å². The number of hydrogen-bond donors (Lipinski definition) is 2. The summed E-state index contributed by atoms with van der Waals surface area (Å²) in [6.45, 7) is 0. The summed E-state index contributed by atoms with van der Waals surface area (Å²) in [5.41, 5.74) is 0. The molecule has 0 saturated heterocycles. The Bertz CT molecular complexity index is 377. The van der Waals surface area contributed by atoms with Crippen molar-refractivity contribution in [3.63, 3.8) is 0 Å². The molecule has 11 heteroatoms. The Morgan fingerprint density at radius 1 is 0.706 bits per heavy atom. The summed E-state index contributed by atoms with van der Waals surface area (Å²) in [6.07, 6.45) is 0. The van der Waals surface area contributed by atoms with Gasteiger partial charge in [-0.2, -0.15) is 8.78 Å². The first kappa shape index (κ1) is 19.5. The van der Waals surface area contributed by atoms with Crippen LogP contribution in [0.25, 0.3) is 0 Å². The Labute approximate surface area is 126 Å². The smallest absolute Gasteiger partial charge is 0.507 e. The first-order valence-electron chi connectivity index (χ1n) is 3.40. The third kappa shape index (κ3) is 4.06. The zero-order valence-corrected chi connectivity index (χ0v) is 12.2. The van der Waals surface area contributed by atoms with Crippen molar-refractivity contribution in [2.75, 3.05) is 0 Å². The molecule has 0 radical (unpaired) electrons. The van der Waals surface area contributed by atoms with Gasteiger partial charge in [-0.15, -0.1) is 48.0 Å². The minimum Gasteiger partial charge on any atom is -0.507 e. The Morgan fingerprint density at radius 2 is 1.00 bits per heavy atom. The van der Waals surface area contributed by atoms with Crippen molar-refractivity contribution in [3.8, 4) is 5.75 Å². The van der Waals surface area contributed by atoms with Crippen LogP contribution in [0.3, 0.4) is 0 Å². The highest BCUT2D eigenvalue weighted by Gasteiger charge is 2.29. The third-order valence-electron chi connectivity index (χ3n) is 1.39. The van der Waals surface area contributed by atoms with Crippen LogP contribution in [0, 0.1) is 29.1 Å². The van der Waals surface area contributed by atoms with Crippen molar-refractivity contribution in [1.82, 2.24) is 0 Å². The molecule has 0 saturated carbocycles. The van der Waals surface area contributed by atoms with Gasteiger partial charge in [0.05, 0.1) is 0 Å². The van der Waals surface area contributed by atoms with Crippen LogP contribution in [-0.2, 0) is 0 Å². The lowest BCUT2D eigenvalue weighted by molar-refractivity contribution is 0.263. The van der Waals surface area contributed by atoms with Crippen LogP contribution in [-0.4, -0.2) is 17.4 Å². The van der Waals surface area contributed by atoms with Gasteiger partial charge in [-0.3, -0.25) is 0 Å². The molecule has 0 fully saturated rings. The third-order valence-corrected chi connectivity index (χ3v) is 1.39. The van der Waals surface area contributed by atoms with Crippen LogP contribution in [0.1, 0.15) is 0 Å². The molecule has 0 unspecified atom stereocenters. The van der Waals surface area contributed by atoms with E-state index in [1.807, 2.05) is 0 Å². The van der Waals surface area contributed by atoms with Crippen LogP contribution < -0.4 is 4.65 Å². The summed E-state index contributed by atoms with van der Waals surface area (Å²) in [4.78, 5) is 0. The normalized spacial score (nSPS) is 9.12. The summed E-state index contributed by atoms with van der Waals surface area (Å²) < 4.78 is 66.3. The van der Waals surface area contributed by atoms with Crippen LogP contribution in [0.2, 0.25) is 0 Å². The predicted octanol–water partition coefficient (Wildman–Crippen LogP) is 1.97. The molecule has 17 heavy (non-hydrogen) atoms. The van der Waals surface area contributed by atoms with Gasteiger partial charge in [-0.05, 0) is 0 Å². The Balaban J connectivity index is 0. The monoisotopic (exact) mass is 484 g/mol. The van der Waals surface area contributed by atoms with Gasteiger partial charge in [0.25, 0.3) is 0 Å². The fourth-order valence-corrected chi connectivity index (χ4v) is 0.794. The number of halogens is 7. The molecule has 3 nitrogen and oxygen atoms in total. The molecule has 2 N–H and O–H groups in total. The average Bonchev–Trinajstić information content (AvgIpc) is 2.18. The molecule has 0 spiro atoms. The Morgan fingerprint density at radius 3 is 1.29 bits per heavy atom. The summed E-state index contributed by atoms with van der Waals surface area (Å²) in [5.74, 6) is -13.1. The summed E-state index contributed by atoms with van der Waals surface area (Å²) in [7, 11) is -2.70. The average molecular weight is 484 g/mol. The molecule has 0 aliphatic heterocycles. The first-order valence-corrected chi connectivity index (χ1v) is 3.40. The molecule has 0 amide bonds. The second-order valence-electron chi connectivity index (χ2n) is 2.34. The van der Waals surface area contributed by atoms with E-state index in [0.717, 1.165) is 0 Å². The predicted molar refractivity (Wildman–Crippen MR) is 67.9 cm³/mol. The van der Waals surface area contributed by atoms with E-state index in [9.17, 15) is 22.0 Å². The van der Waals surface area contributed by atoms with Crippen molar-refractivity contribution in [1.29, 1.82) is 0 Å². The Hall–Kier alpha value is 0.115. The van der Waals surface area contributed by atoms with E-state index >= 15 is 0 Å². The van der Waals surface area contributed by atoms with Crippen LogP contribution >= 0.6 is 48.0 Å². The van der Waals surface area contributed by atoms with Gasteiger partial charge < -0.3 is 14.7 Å². The van der Waals surface area contributed by atoms with E-state index < -0.39 is 42.2 Å². The lowest BCUT2D eigenvalue weighted by Gasteiger charge is -2.08. The molecule has 0 bridgehead atoms. The number of hydrogen-bond acceptors (Lipinski definition) is 3. The lowest BCUT2D eigenvalue weighted by atomic mass is 10.2. The summed E-state index contributed by atoms with van der Waals surface area (Å²) in [5, 5.41) is 16.3. The molecule has 1 aromatic carbocycles. The lowest BCUT2D eigenvalue weighted by Crippen LogP contribution is -2.23. The minimum atomic E-state index is -2.70. The van der Waals surface area contributed by atoms with Crippen LogP contribution in [0.4, 0.5) is 22.0 Å². The van der Waals surface area contributed by atoms with E-state index in [1.54, 1.807) is 0 Å². The SMILES string of the molecule is I.I.OB(O)Oc1c(F)c(F)c(F)c(F)c1F. The molecule has 0 aliphatic carbocycles. The van der Waals surface area contributed by atoms with Gasteiger partial charge in [0, 0.05) is 0 Å². The van der Waals surface area contributed by atoms with Gasteiger partial charge >= 0.3 is 7.32 Å². The molecule has 0 aliphatic rings. The number of rotatable bonds is 2. The quantitative estimate of drug-likeness (QED) is 0.222. The summed E-state index contributed by atoms with van der Waals surface area (Å²) >= 11 is 0. The minimum absolute atomic E-state index is 0. The fourth-order valence-electron chi connectivity index (χ4n) is 0.794. The first-order chi connectivity index (χ1) is 6.86. The molecule has 0 aromatic heterocycles. The van der Waals surface area contributed by atoms with Crippen LogP contribution in [0.5, 0.6) is 5.75 Å². The zero-order valence-electron chi connectivity index (χ0n) is 7.59. The molecular formula is C6H4BF5I2O3. The van der Waals surface area contributed by atoms with Crippen molar-refractivity contribution < 1.29 is 36.7 Å². The van der Waals surface area contributed by atoms with Crippen molar-refractivity contribution in [2.24, 2.45) is 0 Å². The second kappa shape index (κ2) is 7.53. The number of benzene rings is 1.